The van der Waals surface area contributed by atoms with Crippen LogP contribution in [0.4, 0.5) is 4.39 Å². The fourth-order valence-corrected chi connectivity index (χ4v) is 3.16. The molecule has 5 N–H and O–H groups in total. The van der Waals surface area contributed by atoms with Crippen molar-refractivity contribution in [2.45, 2.75) is 24.3 Å². The van der Waals surface area contributed by atoms with Crippen LogP contribution in [0.15, 0.2) is 54.6 Å². The molecule has 0 bridgehead atoms. The maximum atomic E-state index is 13.3. The van der Waals surface area contributed by atoms with E-state index in [4.69, 9.17) is 0 Å². The van der Waals surface area contributed by atoms with Crippen molar-refractivity contribution in [3.05, 3.63) is 71.5 Å². The zero-order chi connectivity index (χ0) is 19.2. The van der Waals surface area contributed by atoms with E-state index in [1.54, 1.807) is 6.07 Å². The Morgan fingerprint density at radius 3 is 2.63 bits per heavy atom. The molecule has 144 valence electrons. The summed E-state index contributed by atoms with van der Waals surface area (Å²) in [5.74, 6) is -0.813. The first-order valence-electron chi connectivity index (χ1n) is 8.96. The zero-order valence-corrected chi connectivity index (χ0v) is 14.8. The van der Waals surface area contributed by atoms with Gasteiger partial charge in [0.25, 0.3) is 5.91 Å². The second-order valence-corrected chi connectivity index (χ2v) is 6.66. The number of halogens is 1. The molecule has 0 saturated carbocycles. The third-order valence-corrected chi connectivity index (χ3v) is 4.74. The van der Waals surface area contributed by atoms with Crippen molar-refractivity contribution in [2.75, 3.05) is 19.6 Å². The Morgan fingerprint density at radius 2 is 1.96 bits per heavy atom. The van der Waals surface area contributed by atoms with Gasteiger partial charge in [0.2, 0.25) is 0 Å². The molecule has 0 aromatic heterocycles. The second-order valence-electron chi connectivity index (χ2n) is 6.66. The van der Waals surface area contributed by atoms with Gasteiger partial charge in [-0.15, -0.1) is 0 Å². The van der Waals surface area contributed by atoms with Crippen molar-refractivity contribution in [2.24, 2.45) is 0 Å². The molecule has 1 saturated heterocycles. The summed E-state index contributed by atoms with van der Waals surface area (Å²) in [6.07, 6.45) is -1.62. The Morgan fingerprint density at radius 1 is 1.19 bits per heavy atom. The van der Waals surface area contributed by atoms with E-state index in [0.717, 1.165) is 5.56 Å². The number of hydrogen-bond acceptors (Lipinski definition) is 5. The van der Waals surface area contributed by atoms with E-state index in [0.29, 0.717) is 19.6 Å². The molecule has 7 heteroatoms. The van der Waals surface area contributed by atoms with Crippen LogP contribution in [0.2, 0.25) is 0 Å². The lowest BCUT2D eigenvalue weighted by molar-refractivity contribution is 0.0403. The lowest BCUT2D eigenvalue weighted by atomic mass is 10.1. The number of β-amino-alcohol motifs (C(OH)–C–C–N with tert-alkyl or cyclic N) is 1. The number of benzene rings is 2. The lowest BCUT2D eigenvalue weighted by Crippen LogP contribution is -2.45. The highest BCUT2D eigenvalue weighted by Crippen LogP contribution is 2.14. The van der Waals surface area contributed by atoms with Gasteiger partial charge in [-0.1, -0.05) is 36.4 Å². The van der Waals surface area contributed by atoms with Gasteiger partial charge in [0.15, 0.2) is 0 Å². The average molecular weight is 373 g/mol. The summed E-state index contributed by atoms with van der Waals surface area (Å²) in [6.45, 7) is 1.07. The summed E-state index contributed by atoms with van der Waals surface area (Å²) < 4.78 is 13.3. The Balaban J connectivity index is 1.63. The fourth-order valence-electron chi connectivity index (χ4n) is 3.16. The summed E-state index contributed by atoms with van der Waals surface area (Å²) in [6, 6.07) is 14.7. The maximum absolute atomic E-state index is 13.3. The van der Waals surface area contributed by atoms with E-state index < -0.39 is 18.0 Å². The predicted octanol–water partition coefficient (Wildman–Crippen LogP) is 0.580. The van der Waals surface area contributed by atoms with Gasteiger partial charge >= 0.3 is 0 Å². The SMILES string of the molecule is O=C(NC[C@H](NC[C@H]1NC[C@H](O)[C@@H]1O)c1ccccc1)c1cccc(F)c1. The third kappa shape index (κ3) is 5.11. The van der Waals surface area contributed by atoms with Crippen molar-refractivity contribution in [1.82, 2.24) is 16.0 Å². The van der Waals surface area contributed by atoms with E-state index in [9.17, 15) is 19.4 Å². The van der Waals surface area contributed by atoms with E-state index >= 15 is 0 Å². The Bertz CT molecular complexity index is 759. The average Bonchev–Trinajstić information content (AvgIpc) is 3.00. The van der Waals surface area contributed by atoms with E-state index in [1.165, 1.54) is 18.2 Å². The van der Waals surface area contributed by atoms with Crippen molar-refractivity contribution in [1.29, 1.82) is 0 Å². The smallest absolute Gasteiger partial charge is 0.251 e. The highest BCUT2D eigenvalue weighted by Gasteiger charge is 2.33. The molecular weight excluding hydrogens is 349 g/mol. The van der Waals surface area contributed by atoms with Crippen LogP contribution >= 0.6 is 0 Å². The molecule has 3 rings (SSSR count). The first-order chi connectivity index (χ1) is 13.0. The topological polar surface area (TPSA) is 93.6 Å². The van der Waals surface area contributed by atoms with Gasteiger partial charge < -0.3 is 26.2 Å². The number of aliphatic hydroxyl groups is 2. The molecule has 1 aliphatic rings. The summed E-state index contributed by atoms with van der Waals surface area (Å²) in [4.78, 5) is 12.3. The lowest BCUT2D eigenvalue weighted by Gasteiger charge is -2.23. The third-order valence-electron chi connectivity index (χ3n) is 4.74. The molecule has 1 amide bonds. The molecule has 6 nitrogen and oxygen atoms in total. The normalized spacial score (nSPS) is 23.1. The summed E-state index contributed by atoms with van der Waals surface area (Å²) in [7, 11) is 0. The highest BCUT2D eigenvalue weighted by atomic mass is 19.1. The van der Waals surface area contributed by atoms with Crippen LogP contribution in [0, 0.1) is 5.82 Å². The van der Waals surface area contributed by atoms with Crippen LogP contribution in [-0.4, -0.2) is 54.0 Å². The van der Waals surface area contributed by atoms with E-state index in [2.05, 4.69) is 16.0 Å². The largest absolute Gasteiger partial charge is 0.389 e. The van der Waals surface area contributed by atoms with Crippen molar-refractivity contribution < 1.29 is 19.4 Å². The number of aliphatic hydroxyl groups excluding tert-OH is 2. The minimum atomic E-state index is -0.837. The molecule has 0 aliphatic carbocycles. The fraction of sp³-hybridized carbons (Fsp3) is 0.350. The zero-order valence-electron chi connectivity index (χ0n) is 14.8. The van der Waals surface area contributed by atoms with Gasteiger partial charge in [-0.05, 0) is 23.8 Å². The van der Waals surface area contributed by atoms with Gasteiger partial charge in [0, 0.05) is 37.3 Å². The van der Waals surface area contributed by atoms with Gasteiger partial charge in [-0.3, -0.25) is 4.79 Å². The molecule has 4 atom stereocenters. The second kappa shape index (κ2) is 9.05. The van der Waals surface area contributed by atoms with Gasteiger partial charge in [-0.25, -0.2) is 4.39 Å². The maximum Gasteiger partial charge on any atom is 0.251 e. The summed E-state index contributed by atoms with van der Waals surface area (Å²) in [5.41, 5.74) is 1.24. The number of hydrogen-bond donors (Lipinski definition) is 5. The molecule has 1 heterocycles. The summed E-state index contributed by atoms with van der Waals surface area (Å²) in [5, 5.41) is 28.8. The van der Waals surface area contributed by atoms with Crippen LogP contribution in [0.5, 0.6) is 0 Å². The number of carbonyl (C=O) groups excluding carboxylic acids is 1. The predicted molar refractivity (Wildman–Crippen MR) is 99.7 cm³/mol. The molecule has 2 aromatic rings. The molecule has 27 heavy (non-hydrogen) atoms. The van der Waals surface area contributed by atoms with Crippen LogP contribution in [0.1, 0.15) is 22.0 Å². The quantitative estimate of drug-likeness (QED) is 0.490. The van der Waals surface area contributed by atoms with E-state index in [-0.39, 0.29) is 23.6 Å². The first kappa shape index (κ1) is 19.4. The van der Waals surface area contributed by atoms with Crippen LogP contribution in [0.3, 0.4) is 0 Å². The molecular formula is C20H24FN3O3. The van der Waals surface area contributed by atoms with Gasteiger partial charge in [-0.2, -0.15) is 0 Å². The van der Waals surface area contributed by atoms with Crippen LogP contribution in [-0.2, 0) is 0 Å². The molecule has 0 spiro atoms. The van der Waals surface area contributed by atoms with Crippen LogP contribution in [0.25, 0.3) is 0 Å². The molecule has 0 unspecified atom stereocenters. The van der Waals surface area contributed by atoms with E-state index in [1.807, 2.05) is 30.3 Å². The number of amides is 1. The van der Waals surface area contributed by atoms with Gasteiger partial charge in [0.1, 0.15) is 5.82 Å². The Labute approximate surface area is 157 Å². The number of carbonyl (C=O) groups is 1. The summed E-state index contributed by atoms with van der Waals surface area (Å²) >= 11 is 0. The van der Waals surface area contributed by atoms with Crippen molar-refractivity contribution in [3.8, 4) is 0 Å². The minimum Gasteiger partial charge on any atom is -0.389 e. The highest BCUT2D eigenvalue weighted by molar-refractivity contribution is 5.94. The Kier molecular flexibility index (Phi) is 6.52. The molecule has 0 radical (unpaired) electrons. The standard InChI is InChI=1S/C20H24FN3O3/c21-15-8-4-7-14(9-15)20(27)24-10-16(13-5-2-1-3-6-13)22-11-17-19(26)18(25)12-23-17/h1-9,16-19,22-23,25-26H,10-12H2,(H,24,27)/t16-,17+,18-,19+/m0/s1. The van der Waals surface area contributed by atoms with Crippen LogP contribution < -0.4 is 16.0 Å². The Hall–Kier alpha value is -2.32. The van der Waals surface area contributed by atoms with Crippen molar-refractivity contribution in [3.63, 3.8) is 0 Å². The number of rotatable bonds is 7. The first-order valence-corrected chi connectivity index (χ1v) is 8.96. The number of nitrogens with one attached hydrogen (secondary N) is 3. The van der Waals surface area contributed by atoms with Gasteiger partial charge in [0.05, 0.1) is 12.2 Å². The molecule has 1 aliphatic heterocycles. The monoisotopic (exact) mass is 373 g/mol. The minimum absolute atomic E-state index is 0.199. The molecule has 1 fully saturated rings. The molecule has 2 aromatic carbocycles. The van der Waals surface area contributed by atoms with Crippen molar-refractivity contribution >= 4 is 5.91 Å².